The normalized spacial score (nSPS) is 10.3. The first-order chi connectivity index (χ1) is 5.91. The molecule has 0 unspecified atom stereocenters. The van der Waals surface area contributed by atoms with Gasteiger partial charge in [-0.2, -0.15) is 0 Å². The lowest BCUT2D eigenvalue weighted by Crippen LogP contribution is -1.69. The first kappa shape index (κ1) is 14.0. The average molecular weight is 169 g/mol. The van der Waals surface area contributed by atoms with E-state index in [4.69, 9.17) is 0 Å². The van der Waals surface area contributed by atoms with Gasteiger partial charge in [0.05, 0.1) is 0 Å². The highest BCUT2D eigenvalue weighted by Crippen LogP contribution is 1.88. The molecule has 0 amide bonds. The maximum absolute atomic E-state index is 4.09. The molecule has 0 rings (SSSR count). The molecule has 1 nitrogen and oxygen atoms in total. The Bertz CT molecular complexity index is 89.6. The van der Waals surface area contributed by atoms with Crippen LogP contribution in [-0.2, 0) is 0 Å². The average Bonchev–Trinajstić information content (AvgIpc) is 2.15. The molecule has 0 aliphatic rings. The Kier molecular flexibility index (Phi) is 19.5. The predicted molar refractivity (Wildman–Crippen MR) is 58.8 cm³/mol. The van der Waals surface area contributed by atoms with Crippen molar-refractivity contribution in [2.75, 3.05) is 0 Å². The van der Waals surface area contributed by atoms with Crippen LogP contribution in [0.4, 0.5) is 0 Å². The number of hydrogen-bond acceptors (Lipinski definition) is 1. The van der Waals surface area contributed by atoms with E-state index in [1.54, 1.807) is 0 Å². The Morgan fingerprint density at radius 2 is 1.58 bits per heavy atom. The zero-order valence-corrected chi connectivity index (χ0v) is 9.01. The number of allylic oxidation sites excluding steroid dienone is 1. The molecule has 0 bridgehead atoms. The van der Waals surface area contributed by atoms with Crippen LogP contribution in [0.1, 0.15) is 53.4 Å². The lowest BCUT2D eigenvalue weighted by Gasteiger charge is -1.81. The summed E-state index contributed by atoms with van der Waals surface area (Å²) in [5, 5.41) is 0. The van der Waals surface area contributed by atoms with Crippen molar-refractivity contribution in [3.8, 4) is 0 Å². The minimum absolute atomic E-state index is 1.09. The van der Waals surface area contributed by atoms with E-state index >= 15 is 0 Å². The first-order valence-corrected chi connectivity index (χ1v) is 5.08. The van der Waals surface area contributed by atoms with E-state index in [1.165, 1.54) is 12.8 Å². The molecule has 0 spiro atoms. The Morgan fingerprint density at radius 3 is 2.08 bits per heavy atom. The number of rotatable bonds is 5. The van der Waals surface area contributed by atoms with Crippen molar-refractivity contribution in [2.24, 2.45) is 4.99 Å². The monoisotopic (exact) mass is 169 g/mol. The fraction of sp³-hybridized carbons (Fsp3) is 0.727. The van der Waals surface area contributed by atoms with Gasteiger partial charge in [0, 0.05) is 12.4 Å². The second kappa shape index (κ2) is 16.8. The molecule has 0 aromatic rings. The summed E-state index contributed by atoms with van der Waals surface area (Å²) in [6.45, 7) is 8.32. The summed E-state index contributed by atoms with van der Waals surface area (Å²) in [5.41, 5.74) is 0. The zero-order valence-electron chi connectivity index (χ0n) is 9.01. The largest absolute Gasteiger partial charge is 0.269 e. The minimum atomic E-state index is 1.09. The Balaban J connectivity index is 0. The predicted octanol–water partition coefficient (Wildman–Crippen LogP) is 4.20. The third kappa shape index (κ3) is 16.2. The number of unbranched alkanes of at least 4 members (excludes halogenated alkanes) is 2. The lowest BCUT2D eigenvalue weighted by atomic mass is 10.3. The number of nitrogens with zero attached hydrogens (tertiary/aromatic N) is 1. The molecule has 72 valence electrons. The van der Waals surface area contributed by atoms with Crippen molar-refractivity contribution in [1.29, 1.82) is 0 Å². The Morgan fingerprint density at radius 1 is 1.00 bits per heavy atom. The van der Waals surface area contributed by atoms with E-state index in [1.807, 2.05) is 26.3 Å². The van der Waals surface area contributed by atoms with Crippen molar-refractivity contribution in [3.63, 3.8) is 0 Å². The molecule has 0 fully saturated rings. The molecule has 0 aliphatic heterocycles. The van der Waals surface area contributed by atoms with Gasteiger partial charge in [0.2, 0.25) is 0 Å². The lowest BCUT2D eigenvalue weighted by molar-refractivity contribution is 0.955. The second-order valence-corrected chi connectivity index (χ2v) is 2.29. The smallest absolute Gasteiger partial charge is 0.0223 e. The highest BCUT2D eigenvalue weighted by Gasteiger charge is 1.71. The van der Waals surface area contributed by atoms with Crippen molar-refractivity contribution in [2.45, 2.75) is 53.4 Å². The van der Waals surface area contributed by atoms with Crippen molar-refractivity contribution in [3.05, 3.63) is 12.3 Å². The third-order valence-electron chi connectivity index (χ3n) is 1.17. The van der Waals surface area contributed by atoms with Crippen molar-refractivity contribution >= 4 is 6.21 Å². The van der Waals surface area contributed by atoms with E-state index in [9.17, 15) is 0 Å². The zero-order chi connectivity index (χ0) is 9.66. The number of hydrogen-bond donors (Lipinski definition) is 0. The molecule has 12 heavy (non-hydrogen) atoms. The van der Waals surface area contributed by atoms with Crippen LogP contribution in [0.15, 0.2) is 17.3 Å². The first-order valence-electron chi connectivity index (χ1n) is 5.08. The quantitative estimate of drug-likeness (QED) is 0.547. The van der Waals surface area contributed by atoms with Crippen LogP contribution in [0.3, 0.4) is 0 Å². The van der Waals surface area contributed by atoms with Crippen LogP contribution >= 0.6 is 0 Å². The van der Waals surface area contributed by atoms with Crippen LogP contribution in [-0.4, -0.2) is 6.21 Å². The molecule has 0 radical (unpaired) electrons. The highest BCUT2D eigenvalue weighted by atomic mass is 14.7. The molecule has 0 saturated heterocycles. The minimum Gasteiger partial charge on any atom is -0.269 e. The van der Waals surface area contributed by atoms with Gasteiger partial charge in [-0.25, -0.2) is 0 Å². The Labute approximate surface area is 77.6 Å². The van der Waals surface area contributed by atoms with Crippen LogP contribution < -0.4 is 0 Å². The Hall–Kier alpha value is -0.590. The van der Waals surface area contributed by atoms with Gasteiger partial charge in [0.15, 0.2) is 0 Å². The summed E-state index contributed by atoms with van der Waals surface area (Å²) >= 11 is 0. The van der Waals surface area contributed by atoms with Gasteiger partial charge >= 0.3 is 0 Å². The van der Waals surface area contributed by atoms with E-state index < -0.39 is 0 Å². The van der Waals surface area contributed by atoms with Crippen molar-refractivity contribution < 1.29 is 0 Å². The van der Waals surface area contributed by atoms with E-state index in [-0.39, 0.29) is 0 Å². The van der Waals surface area contributed by atoms with E-state index in [0.29, 0.717) is 0 Å². The maximum atomic E-state index is 4.09. The summed E-state index contributed by atoms with van der Waals surface area (Å²) in [6.07, 6.45) is 10.6. The summed E-state index contributed by atoms with van der Waals surface area (Å²) in [7, 11) is 0. The van der Waals surface area contributed by atoms with Gasteiger partial charge < -0.3 is 0 Å². The fourth-order valence-corrected chi connectivity index (χ4v) is 0.567. The molecular weight excluding hydrogens is 146 g/mol. The highest BCUT2D eigenvalue weighted by molar-refractivity contribution is 5.57. The van der Waals surface area contributed by atoms with Gasteiger partial charge in [-0.15, -0.1) is 0 Å². The molecule has 0 saturated carbocycles. The molecule has 0 atom stereocenters. The van der Waals surface area contributed by atoms with E-state index in [2.05, 4.69) is 24.9 Å². The summed E-state index contributed by atoms with van der Waals surface area (Å²) in [6, 6.07) is 0. The SMILES string of the molecule is CC.CCCC=N/C=C/CCC. The second-order valence-electron chi connectivity index (χ2n) is 2.29. The summed E-state index contributed by atoms with van der Waals surface area (Å²) in [4.78, 5) is 4.09. The van der Waals surface area contributed by atoms with Crippen LogP contribution in [0.5, 0.6) is 0 Å². The van der Waals surface area contributed by atoms with Crippen LogP contribution in [0, 0.1) is 0 Å². The molecule has 0 aliphatic carbocycles. The van der Waals surface area contributed by atoms with E-state index in [0.717, 1.165) is 12.8 Å². The summed E-state index contributed by atoms with van der Waals surface area (Å²) < 4.78 is 0. The standard InChI is InChI=1S/C9H17N.C2H6/c1-3-5-7-9-10-8-6-4-2;1-2/h7-9H,3-6H2,1-2H3;1-2H3/b9-7+,10-8?;. The van der Waals surface area contributed by atoms with Gasteiger partial charge in [-0.05, 0) is 12.8 Å². The van der Waals surface area contributed by atoms with Gasteiger partial charge in [0.25, 0.3) is 0 Å². The molecule has 0 aromatic carbocycles. The van der Waals surface area contributed by atoms with Crippen LogP contribution in [0.2, 0.25) is 0 Å². The molecular formula is C11H23N. The molecule has 0 N–H and O–H groups in total. The fourth-order valence-electron chi connectivity index (χ4n) is 0.567. The van der Waals surface area contributed by atoms with Crippen molar-refractivity contribution in [1.82, 2.24) is 0 Å². The maximum Gasteiger partial charge on any atom is 0.0223 e. The number of aliphatic imine (C=N–C) groups is 1. The molecule has 0 heterocycles. The van der Waals surface area contributed by atoms with Crippen LogP contribution in [0.25, 0.3) is 0 Å². The van der Waals surface area contributed by atoms with Gasteiger partial charge in [-0.1, -0.05) is 46.6 Å². The molecule has 0 aromatic heterocycles. The third-order valence-corrected chi connectivity index (χ3v) is 1.17. The topological polar surface area (TPSA) is 12.4 Å². The van der Waals surface area contributed by atoms with Gasteiger partial charge in [-0.3, -0.25) is 4.99 Å². The molecule has 1 heteroatoms. The summed E-state index contributed by atoms with van der Waals surface area (Å²) in [5.74, 6) is 0. The van der Waals surface area contributed by atoms with Gasteiger partial charge in [0.1, 0.15) is 0 Å².